The third kappa shape index (κ3) is 4.01. The fourth-order valence-corrected chi connectivity index (χ4v) is 2.26. The Labute approximate surface area is 124 Å². The van der Waals surface area contributed by atoms with Crippen LogP contribution in [-0.4, -0.2) is 46.9 Å². The van der Waals surface area contributed by atoms with Gasteiger partial charge in [-0.2, -0.15) is 0 Å². The number of carbonyl (C=O) groups is 2. The zero-order chi connectivity index (χ0) is 15.5. The number of hydrogen-bond donors (Lipinski definition) is 2. The summed E-state index contributed by atoms with van der Waals surface area (Å²) >= 11 is 0. The molecule has 114 valence electrons. The fraction of sp³-hybridized carbons (Fsp3) is 0.533. The lowest BCUT2D eigenvalue weighted by Crippen LogP contribution is -2.62. The molecule has 1 aliphatic heterocycles. The number of nitrogens with zero attached hydrogens (tertiary/aromatic N) is 2. The molecule has 6 heteroatoms. The van der Waals surface area contributed by atoms with Gasteiger partial charge in [-0.1, -0.05) is 6.07 Å². The summed E-state index contributed by atoms with van der Waals surface area (Å²) in [6.45, 7) is 7.36. The first-order chi connectivity index (χ1) is 9.88. The molecule has 2 rings (SSSR count). The van der Waals surface area contributed by atoms with Crippen LogP contribution >= 0.6 is 0 Å². The van der Waals surface area contributed by atoms with Gasteiger partial charge in [0.1, 0.15) is 0 Å². The predicted molar refractivity (Wildman–Crippen MR) is 79.5 cm³/mol. The molecule has 6 nitrogen and oxygen atoms in total. The average Bonchev–Trinajstić information content (AvgIpc) is 2.43. The van der Waals surface area contributed by atoms with Crippen molar-refractivity contribution in [2.75, 3.05) is 19.6 Å². The van der Waals surface area contributed by atoms with E-state index in [0.717, 1.165) is 11.3 Å². The quantitative estimate of drug-likeness (QED) is 0.832. The molecule has 0 aromatic carbocycles. The molecule has 1 saturated heterocycles. The van der Waals surface area contributed by atoms with Crippen LogP contribution in [0.1, 0.15) is 25.1 Å². The van der Waals surface area contributed by atoms with Gasteiger partial charge in [0, 0.05) is 31.5 Å². The van der Waals surface area contributed by atoms with Crippen molar-refractivity contribution in [1.29, 1.82) is 0 Å². The molecule has 0 atom stereocenters. The van der Waals surface area contributed by atoms with Crippen molar-refractivity contribution in [3.05, 3.63) is 29.6 Å². The Balaban J connectivity index is 1.84. The van der Waals surface area contributed by atoms with Crippen molar-refractivity contribution in [3.8, 4) is 0 Å². The summed E-state index contributed by atoms with van der Waals surface area (Å²) < 4.78 is 0. The lowest BCUT2D eigenvalue weighted by Gasteiger charge is -2.37. The van der Waals surface area contributed by atoms with E-state index in [1.165, 1.54) is 0 Å². The van der Waals surface area contributed by atoms with Crippen LogP contribution in [0.5, 0.6) is 0 Å². The van der Waals surface area contributed by atoms with E-state index in [1.54, 1.807) is 11.1 Å². The molecule has 0 aliphatic carbocycles. The van der Waals surface area contributed by atoms with Crippen molar-refractivity contribution in [2.45, 2.75) is 32.9 Å². The molecule has 1 aromatic heterocycles. The first-order valence-electron chi connectivity index (χ1n) is 7.11. The van der Waals surface area contributed by atoms with Crippen LogP contribution in [-0.2, 0) is 16.1 Å². The molecule has 2 amide bonds. The highest BCUT2D eigenvalue weighted by molar-refractivity contribution is 5.90. The maximum atomic E-state index is 12.2. The van der Waals surface area contributed by atoms with E-state index < -0.39 is 5.54 Å². The second kappa shape index (κ2) is 6.22. The van der Waals surface area contributed by atoms with Gasteiger partial charge in [0.25, 0.3) is 0 Å². The van der Waals surface area contributed by atoms with Gasteiger partial charge in [0.2, 0.25) is 11.8 Å². The number of pyridine rings is 1. The number of nitrogens with one attached hydrogen (secondary N) is 2. The van der Waals surface area contributed by atoms with Crippen molar-refractivity contribution in [3.63, 3.8) is 0 Å². The smallest absolute Gasteiger partial charge is 0.242 e. The van der Waals surface area contributed by atoms with Crippen LogP contribution in [0.3, 0.4) is 0 Å². The molecule has 0 bridgehead atoms. The second-order valence-corrected chi connectivity index (χ2v) is 5.86. The van der Waals surface area contributed by atoms with Gasteiger partial charge in [-0.15, -0.1) is 0 Å². The third-order valence-electron chi connectivity index (χ3n) is 3.57. The topological polar surface area (TPSA) is 74.3 Å². The lowest BCUT2D eigenvalue weighted by molar-refractivity contribution is -0.143. The van der Waals surface area contributed by atoms with Crippen LogP contribution in [0.25, 0.3) is 0 Å². The number of rotatable bonds is 4. The largest absolute Gasteiger partial charge is 0.350 e. The maximum absolute atomic E-state index is 12.2. The van der Waals surface area contributed by atoms with Gasteiger partial charge in [-0.3, -0.25) is 14.6 Å². The van der Waals surface area contributed by atoms with Gasteiger partial charge in [-0.05, 0) is 32.4 Å². The molecule has 1 aromatic rings. The fourth-order valence-electron chi connectivity index (χ4n) is 2.26. The summed E-state index contributed by atoms with van der Waals surface area (Å²) in [5.74, 6) is -0.192. The Hall–Kier alpha value is -1.95. The minimum Gasteiger partial charge on any atom is -0.350 e. The first-order valence-corrected chi connectivity index (χ1v) is 7.11. The van der Waals surface area contributed by atoms with Crippen molar-refractivity contribution >= 4 is 11.8 Å². The Morgan fingerprint density at radius 1 is 1.48 bits per heavy atom. The zero-order valence-electron chi connectivity index (χ0n) is 12.8. The highest BCUT2D eigenvalue weighted by Crippen LogP contribution is 2.11. The van der Waals surface area contributed by atoms with E-state index in [1.807, 2.05) is 32.9 Å². The summed E-state index contributed by atoms with van der Waals surface area (Å²) in [5, 5.41) is 5.96. The minimum atomic E-state index is -0.598. The molecule has 0 radical (unpaired) electrons. The van der Waals surface area contributed by atoms with Gasteiger partial charge in [0.05, 0.1) is 12.1 Å². The molecule has 0 saturated carbocycles. The Kier molecular flexibility index (Phi) is 4.57. The number of aromatic nitrogens is 1. The number of carbonyl (C=O) groups excluding carboxylic acids is 2. The van der Waals surface area contributed by atoms with Gasteiger partial charge in [0.15, 0.2) is 0 Å². The van der Waals surface area contributed by atoms with E-state index >= 15 is 0 Å². The van der Waals surface area contributed by atoms with Crippen LogP contribution in [0.4, 0.5) is 0 Å². The molecule has 1 fully saturated rings. The summed E-state index contributed by atoms with van der Waals surface area (Å²) in [5.41, 5.74) is 1.29. The lowest BCUT2D eigenvalue weighted by atomic mass is 10.0. The molecule has 2 heterocycles. The normalized spacial score (nSPS) is 17.7. The molecule has 21 heavy (non-hydrogen) atoms. The van der Waals surface area contributed by atoms with Crippen LogP contribution in [0.2, 0.25) is 0 Å². The van der Waals surface area contributed by atoms with Crippen molar-refractivity contribution in [2.24, 2.45) is 0 Å². The summed E-state index contributed by atoms with van der Waals surface area (Å²) in [4.78, 5) is 29.9. The molecular formula is C15H22N4O2. The number of amides is 2. The highest BCUT2D eigenvalue weighted by Gasteiger charge is 2.35. The van der Waals surface area contributed by atoms with Gasteiger partial charge < -0.3 is 15.5 Å². The standard InChI is InChI=1S/C15H22N4O2/c1-11-4-5-12(8-16-11)9-17-13(20)10-19-7-6-18-15(2,3)14(19)21/h4-5,8,18H,6-7,9-10H2,1-3H3,(H,17,20). The van der Waals surface area contributed by atoms with Crippen molar-refractivity contribution in [1.82, 2.24) is 20.5 Å². The van der Waals surface area contributed by atoms with E-state index in [0.29, 0.717) is 19.6 Å². The summed E-state index contributed by atoms with van der Waals surface area (Å²) in [6, 6.07) is 3.84. The van der Waals surface area contributed by atoms with Crippen LogP contribution in [0.15, 0.2) is 18.3 Å². The second-order valence-electron chi connectivity index (χ2n) is 5.86. The van der Waals surface area contributed by atoms with E-state index in [2.05, 4.69) is 15.6 Å². The van der Waals surface area contributed by atoms with Crippen LogP contribution in [0, 0.1) is 6.92 Å². The van der Waals surface area contributed by atoms with E-state index in [4.69, 9.17) is 0 Å². The first kappa shape index (κ1) is 15.4. The molecular weight excluding hydrogens is 268 g/mol. The zero-order valence-corrected chi connectivity index (χ0v) is 12.8. The predicted octanol–water partition coefficient (Wildman–Crippen LogP) is 0.217. The van der Waals surface area contributed by atoms with Crippen LogP contribution < -0.4 is 10.6 Å². The number of aryl methyl sites for hydroxylation is 1. The Morgan fingerprint density at radius 3 is 2.90 bits per heavy atom. The maximum Gasteiger partial charge on any atom is 0.242 e. The highest BCUT2D eigenvalue weighted by atomic mass is 16.2. The third-order valence-corrected chi connectivity index (χ3v) is 3.57. The van der Waals surface area contributed by atoms with E-state index in [-0.39, 0.29) is 18.4 Å². The summed E-state index contributed by atoms with van der Waals surface area (Å²) in [6.07, 6.45) is 1.74. The SMILES string of the molecule is Cc1ccc(CNC(=O)CN2CCNC(C)(C)C2=O)cn1. The number of piperazine rings is 1. The summed E-state index contributed by atoms with van der Waals surface area (Å²) in [7, 11) is 0. The average molecular weight is 290 g/mol. The van der Waals surface area contributed by atoms with E-state index in [9.17, 15) is 9.59 Å². The molecule has 0 spiro atoms. The van der Waals surface area contributed by atoms with Gasteiger partial charge in [-0.25, -0.2) is 0 Å². The van der Waals surface area contributed by atoms with Gasteiger partial charge >= 0.3 is 0 Å². The molecule has 1 aliphatic rings. The minimum absolute atomic E-state index is 0.0408. The Morgan fingerprint density at radius 2 is 2.24 bits per heavy atom. The molecule has 2 N–H and O–H groups in total. The molecule has 0 unspecified atom stereocenters. The van der Waals surface area contributed by atoms with Crippen molar-refractivity contribution < 1.29 is 9.59 Å². The monoisotopic (exact) mass is 290 g/mol. The number of hydrogen-bond acceptors (Lipinski definition) is 4. The Bertz CT molecular complexity index is 525.